The average Bonchev–Trinajstić information content (AvgIpc) is 2.86. The van der Waals surface area contributed by atoms with Crippen LogP contribution in [-0.2, 0) is 30.3 Å². The maximum atomic E-state index is 14.0. The summed E-state index contributed by atoms with van der Waals surface area (Å²) >= 11 is 0. The van der Waals surface area contributed by atoms with Gasteiger partial charge in [0.15, 0.2) is 0 Å². The molecule has 0 aliphatic rings. The molecular formula is C28H35N3O7. The quantitative estimate of drug-likeness (QED) is 0.303. The van der Waals surface area contributed by atoms with Crippen LogP contribution in [0.5, 0.6) is 5.75 Å². The highest BCUT2D eigenvalue weighted by Crippen LogP contribution is 2.30. The Morgan fingerprint density at radius 2 is 1.68 bits per heavy atom. The molecule has 0 aromatic heterocycles. The molecule has 204 valence electrons. The van der Waals surface area contributed by atoms with Gasteiger partial charge in [-0.3, -0.25) is 14.4 Å². The first-order chi connectivity index (χ1) is 18.0. The minimum absolute atomic E-state index is 0.101. The smallest absolute Gasteiger partial charge is 0.408 e. The summed E-state index contributed by atoms with van der Waals surface area (Å²) in [6.07, 6.45) is 0.717. The van der Waals surface area contributed by atoms with Gasteiger partial charge in [-0.05, 0) is 32.4 Å². The molecule has 2 aromatic rings. The number of hydrogen-bond acceptors (Lipinski definition) is 7. The van der Waals surface area contributed by atoms with Crippen molar-refractivity contribution in [3.8, 4) is 5.75 Å². The molecule has 3 amide bonds. The molecule has 0 bridgehead atoms. The lowest BCUT2D eigenvalue weighted by Gasteiger charge is -2.34. The fraction of sp³-hybridized carbons (Fsp3) is 0.357. The highest BCUT2D eigenvalue weighted by Gasteiger charge is 2.37. The molecule has 2 aromatic carbocycles. The Hall–Kier alpha value is -4.34. The van der Waals surface area contributed by atoms with Crippen LogP contribution < -0.4 is 10.6 Å². The van der Waals surface area contributed by atoms with E-state index in [4.69, 9.17) is 4.74 Å². The normalized spacial score (nSPS) is 12.4. The van der Waals surface area contributed by atoms with E-state index in [1.807, 2.05) is 6.07 Å². The third-order valence-electron chi connectivity index (χ3n) is 5.31. The number of nitrogens with zero attached hydrogens (tertiary/aromatic N) is 1. The summed E-state index contributed by atoms with van der Waals surface area (Å²) in [5, 5.41) is 15.6. The Bertz CT molecular complexity index is 1130. The van der Waals surface area contributed by atoms with E-state index in [0.29, 0.717) is 0 Å². The molecule has 0 spiro atoms. The molecule has 0 aliphatic heterocycles. The first-order valence-corrected chi connectivity index (χ1v) is 12.0. The van der Waals surface area contributed by atoms with Crippen LogP contribution in [-0.4, -0.2) is 65.7 Å². The number of para-hydroxylation sites is 1. The zero-order valence-electron chi connectivity index (χ0n) is 22.1. The third kappa shape index (κ3) is 8.95. The standard InChI is InChI=1S/C28H35N3O7/c1-6-16-31(24(20-14-10-11-15-22(20)32)25(34)29-18-23(33)37-5)26(35)21(17-19-12-8-7-9-13-19)30-27(36)38-28(2,3)4/h6-15,21,24,32H,1,16-18H2,2-5H3,(H,29,34)(H,30,36). The Morgan fingerprint density at radius 3 is 2.26 bits per heavy atom. The molecule has 10 heteroatoms. The molecular weight excluding hydrogens is 490 g/mol. The Balaban J connectivity index is 2.51. The highest BCUT2D eigenvalue weighted by molar-refractivity contribution is 5.93. The van der Waals surface area contributed by atoms with Crippen LogP contribution in [0.2, 0.25) is 0 Å². The number of esters is 1. The van der Waals surface area contributed by atoms with Crippen LogP contribution in [0.25, 0.3) is 0 Å². The van der Waals surface area contributed by atoms with Crippen molar-refractivity contribution in [1.82, 2.24) is 15.5 Å². The van der Waals surface area contributed by atoms with Gasteiger partial charge in [0.05, 0.1) is 7.11 Å². The first kappa shape index (κ1) is 29.9. The Morgan fingerprint density at radius 1 is 1.05 bits per heavy atom. The van der Waals surface area contributed by atoms with Gasteiger partial charge in [0, 0.05) is 18.5 Å². The third-order valence-corrected chi connectivity index (χ3v) is 5.31. The van der Waals surface area contributed by atoms with Gasteiger partial charge in [0.25, 0.3) is 0 Å². The monoisotopic (exact) mass is 525 g/mol. The van der Waals surface area contributed by atoms with E-state index in [9.17, 15) is 24.3 Å². The minimum Gasteiger partial charge on any atom is -0.508 e. The predicted octanol–water partition coefficient (Wildman–Crippen LogP) is 2.87. The van der Waals surface area contributed by atoms with Crippen molar-refractivity contribution in [3.05, 3.63) is 78.4 Å². The molecule has 0 aliphatic carbocycles. The number of ether oxygens (including phenoxy) is 2. The van der Waals surface area contributed by atoms with Crippen LogP contribution in [0, 0.1) is 0 Å². The van der Waals surface area contributed by atoms with Crippen LogP contribution in [0.1, 0.15) is 37.9 Å². The molecule has 10 nitrogen and oxygen atoms in total. The number of methoxy groups -OCH3 is 1. The molecule has 0 saturated carbocycles. The lowest BCUT2D eigenvalue weighted by Crippen LogP contribution is -2.54. The lowest BCUT2D eigenvalue weighted by molar-refractivity contribution is -0.144. The zero-order chi connectivity index (χ0) is 28.3. The summed E-state index contributed by atoms with van der Waals surface area (Å²) < 4.78 is 9.97. The van der Waals surface area contributed by atoms with E-state index in [-0.39, 0.29) is 24.3 Å². The van der Waals surface area contributed by atoms with Gasteiger partial charge >= 0.3 is 12.1 Å². The van der Waals surface area contributed by atoms with Gasteiger partial charge in [-0.25, -0.2) is 4.79 Å². The van der Waals surface area contributed by atoms with Gasteiger partial charge in [0.1, 0.15) is 30.0 Å². The molecule has 2 unspecified atom stereocenters. The van der Waals surface area contributed by atoms with Gasteiger partial charge < -0.3 is 30.1 Å². The van der Waals surface area contributed by atoms with Gasteiger partial charge in [-0.15, -0.1) is 6.58 Å². The predicted molar refractivity (Wildman–Crippen MR) is 141 cm³/mol. The van der Waals surface area contributed by atoms with Crippen LogP contribution >= 0.6 is 0 Å². The van der Waals surface area contributed by atoms with Crippen molar-refractivity contribution < 1.29 is 33.8 Å². The lowest BCUT2D eigenvalue weighted by atomic mass is 9.99. The molecule has 38 heavy (non-hydrogen) atoms. The van der Waals surface area contributed by atoms with E-state index < -0.39 is 48.1 Å². The number of rotatable bonds is 11. The summed E-state index contributed by atoms with van der Waals surface area (Å²) in [5.74, 6) is -2.28. The number of carbonyl (C=O) groups is 4. The van der Waals surface area contributed by atoms with Crippen molar-refractivity contribution in [2.75, 3.05) is 20.2 Å². The summed E-state index contributed by atoms with van der Waals surface area (Å²) in [5.41, 5.74) is 0.0766. The number of amides is 3. The molecule has 2 rings (SSSR count). The van der Waals surface area contributed by atoms with Crippen molar-refractivity contribution >= 4 is 23.9 Å². The Labute approximate surface area is 222 Å². The molecule has 0 radical (unpaired) electrons. The van der Waals surface area contributed by atoms with Gasteiger partial charge in [-0.2, -0.15) is 0 Å². The number of nitrogens with one attached hydrogen (secondary N) is 2. The number of benzene rings is 2. The summed E-state index contributed by atoms with van der Waals surface area (Å²) in [6, 6.07) is 12.6. The van der Waals surface area contributed by atoms with Crippen molar-refractivity contribution in [3.63, 3.8) is 0 Å². The highest BCUT2D eigenvalue weighted by atomic mass is 16.6. The minimum atomic E-state index is -1.36. The van der Waals surface area contributed by atoms with Crippen LogP contribution in [0.3, 0.4) is 0 Å². The number of carbonyl (C=O) groups excluding carboxylic acids is 4. The topological polar surface area (TPSA) is 134 Å². The fourth-order valence-electron chi connectivity index (χ4n) is 3.66. The number of aromatic hydroxyl groups is 1. The fourth-order valence-corrected chi connectivity index (χ4v) is 3.66. The number of phenols is 1. The largest absolute Gasteiger partial charge is 0.508 e. The van der Waals surface area contributed by atoms with Crippen molar-refractivity contribution in [2.45, 2.75) is 44.9 Å². The van der Waals surface area contributed by atoms with Crippen molar-refractivity contribution in [2.24, 2.45) is 0 Å². The molecule has 0 saturated heterocycles. The van der Waals surface area contributed by atoms with Crippen LogP contribution in [0.4, 0.5) is 4.79 Å². The summed E-state index contributed by atoms with van der Waals surface area (Å²) in [4.78, 5) is 52.9. The second-order valence-electron chi connectivity index (χ2n) is 9.42. The van der Waals surface area contributed by atoms with E-state index in [0.717, 1.165) is 5.56 Å². The molecule has 0 fully saturated rings. The summed E-state index contributed by atoms with van der Waals surface area (Å²) in [6.45, 7) is 8.25. The van der Waals surface area contributed by atoms with Gasteiger partial charge in [0.2, 0.25) is 11.8 Å². The summed E-state index contributed by atoms with van der Waals surface area (Å²) in [7, 11) is 1.18. The van der Waals surface area contributed by atoms with Crippen LogP contribution in [0.15, 0.2) is 67.3 Å². The number of alkyl carbamates (subject to hydrolysis) is 1. The number of hydrogen-bond donors (Lipinski definition) is 3. The van der Waals surface area contributed by atoms with E-state index in [1.165, 1.54) is 30.2 Å². The van der Waals surface area contributed by atoms with Crippen molar-refractivity contribution in [1.29, 1.82) is 0 Å². The Kier molecular flexibility index (Phi) is 10.9. The molecule has 3 N–H and O–H groups in total. The first-order valence-electron chi connectivity index (χ1n) is 12.0. The maximum Gasteiger partial charge on any atom is 0.408 e. The zero-order valence-corrected chi connectivity index (χ0v) is 22.1. The second kappa shape index (κ2) is 13.8. The maximum absolute atomic E-state index is 14.0. The van der Waals surface area contributed by atoms with E-state index >= 15 is 0 Å². The SMILES string of the molecule is C=CCN(C(=O)C(Cc1ccccc1)NC(=O)OC(C)(C)C)C(C(=O)NCC(=O)OC)c1ccccc1O. The second-order valence-corrected chi connectivity index (χ2v) is 9.42. The van der Waals surface area contributed by atoms with E-state index in [1.54, 1.807) is 57.2 Å². The number of phenolic OH excluding ortho intramolecular Hbond substituents is 1. The molecule has 0 heterocycles. The molecule has 2 atom stereocenters. The van der Waals surface area contributed by atoms with E-state index in [2.05, 4.69) is 21.9 Å². The van der Waals surface area contributed by atoms with Gasteiger partial charge in [-0.1, -0.05) is 54.6 Å². The average molecular weight is 526 g/mol.